The zero-order chi connectivity index (χ0) is 27.3. The van der Waals surface area contributed by atoms with Gasteiger partial charge in [-0.15, -0.1) is 0 Å². The third-order valence-electron chi connectivity index (χ3n) is 8.51. The lowest BCUT2D eigenvalue weighted by Gasteiger charge is -2.56. The van der Waals surface area contributed by atoms with Gasteiger partial charge in [0, 0.05) is 17.0 Å². The quantitative estimate of drug-likeness (QED) is 0.283. The molecule has 0 unspecified atom stereocenters. The van der Waals surface area contributed by atoms with Crippen LogP contribution in [0.15, 0.2) is 66.9 Å². The standard InChI is InChI=1S/C31H30ClN3O4/c1-18(23-9-8-20(12-27(23)39-2)19-6-4-3-5-7-19)35-28-24(10-11-26(32)25(28)17-33-35)29(36)34-22-15-31(16-22)13-21(14-31)30(37)38/h3-12,17-18,21-22H,13-16H2,1-2H3,(H,34,36)(H,37,38)/t18-,21?,22?,31?/m1/s1. The number of fused-ring (bicyclic) bond motifs is 1. The molecule has 1 amide bonds. The van der Waals surface area contributed by atoms with Crippen LogP contribution in [0.2, 0.25) is 5.02 Å². The average molecular weight is 544 g/mol. The molecule has 1 heterocycles. The van der Waals surface area contributed by atoms with E-state index in [0.29, 0.717) is 34.3 Å². The van der Waals surface area contributed by atoms with Crippen LogP contribution in [-0.2, 0) is 4.79 Å². The van der Waals surface area contributed by atoms with Crippen molar-refractivity contribution in [3.8, 4) is 16.9 Å². The number of carboxylic acid groups (broad SMARTS) is 1. The topological polar surface area (TPSA) is 93.5 Å². The van der Waals surface area contributed by atoms with Crippen molar-refractivity contribution >= 4 is 34.4 Å². The van der Waals surface area contributed by atoms with Crippen LogP contribution in [0.3, 0.4) is 0 Å². The minimum absolute atomic E-state index is 0.0393. The van der Waals surface area contributed by atoms with E-state index in [0.717, 1.165) is 35.3 Å². The molecule has 0 bridgehead atoms. The highest BCUT2D eigenvalue weighted by atomic mass is 35.5. The Balaban J connectivity index is 1.27. The van der Waals surface area contributed by atoms with E-state index in [1.165, 1.54) is 0 Å². The Labute approximate surface area is 231 Å². The molecular formula is C31H30ClN3O4. The molecule has 1 aromatic heterocycles. The second kappa shape index (κ2) is 9.72. The molecule has 2 aliphatic rings. The number of carbonyl (C=O) groups excluding carboxylic acids is 1. The molecule has 8 heteroatoms. The fourth-order valence-electron chi connectivity index (χ4n) is 6.45. The summed E-state index contributed by atoms with van der Waals surface area (Å²) in [6.45, 7) is 2.03. The lowest BCUT2D eigenvalue weighted by atomic mass is 9.50. The van der Waals surface area contributed by atoms with Gasteiger partial charge in [-0.3, -0.25) is 14.3 Å². The number of hydrogen-bond acceptors (Lipinski definition) is 4. The van der Waals surface area contributed by atoms with E-state index >= 15 is 0 Å². The first-order valence-electron chi connectivity index (χ1n) is 13.2. The predicted molar refractivity (Wildman–Crippen MR) is 150 cm³/mol. The van der Waals surface area contributed by atoms with E-state index in [4.69, 9.17) is 16.3 Å². The van der Waals surface area contributed by atoms with Crippen LogP contribution >= 0.6 is 11.6 Å². The van der Waals surface area contributed by atoms with Gasteiger partial charge in [0.15, 0.2) is 0 Å². The third kappa shape index (κ3) is 4.44. The number of methoxy groups -OCH3 is 1. The molecule has 39 heavy (non-hydrogen) atoms. The summed E-state index contributed by atoms with van der Waals surface area (Å²) >= 11 is 6.53. The van der Waals surface area contributed by atoms with Crippen molar-refractivity contribution in [1.29, 1.82) is 0 Å². The maximum atomic E-state index is 13.5. The van der Waals surface area contributed by atoms with Gasteiger partial charge in [-0.2, -0.15) is 5.10 Å². The monoisotopic (exact) mass is 543 g/mol. The predicted octanol–water partition coefficient (Wildman–Crippen LogP) is 6.35. The summed E-state index contributed by atoms with van der Waals surface area (Å²) in [5.41, 5.74) is 4.35. The van der Waals surface area contributed by atoms with Gasteiger partial charge in [0.25, 0.3) is 5.91 Å². The Morgan fingerprint density at radius 3 is 2.51 bits per heavy atom. The number of aliphatic carboxylic acids is 1. The summed E-state index contributed by atoms with van der Waals surface area (Å²) in [6.07, 6.45) is 4.75. The van der Waals surface area contributed by atoms with Crippen molar-refractivity contribution < 1.29 is 19.4 Å². The summed E-state index contributed by atoms with van der Waals surface area (Å²) in [5, 5.41) is 18.3. The van der Waals surface area contributed by atoms with Crippen LogP contribution in [0.25, 0.3) is 22.0 Å². The van der Waals surface area contributed by atoms with Crippen molar-refractivity contribution in [2.75, 3.05) is 7.11 Å². The number of rotatable bonds is 7. The molecule has 0 saturated heterocycles. The van der Waals surface area contributed by atoms with E-state index in [1.54, 1.807) is 25.4 Å². The van der Waals surface area contributed by atoms with Gasteiger partial charge in [-0.25, -0.2) is 0 Å². The Kier molecular flexibility index (Phi) is 6.34. The second-order valence-corrected chi connectivity index (χ2v) is 11.4. The number of carbonyl (C=O) groups is 2. The lowest BCUT2D eigenvalue weighted by Crippen LogP contribution is -2.57. The van der Waals surface area contributed by atoms with Gasteiger partial charge in [-0.05, 0) is 67.3 Å². The van der Waals surface area contributed by atoms with Crippen molar-refractivity contribution in [2.45, 2.75) is 44.7 Å². The largest absolute Gasteiger partial charge is 0.496 e. The van der Waals surface area contributed by atoms with Gasteiger partial charge < -0.3 is 15.2 Å². The number of hydrogen-bond donors (Lipinski definition) is 2. The number of benzene rings is 3. The van der Waals surface area contributed by atoms with Crippen molar-refractivity contribution in [2.24, 2.45) is 11.3 Å². The van der Waals surface area contributed by atoms with Crippen molar-refractivity contribution in [1.82, 2.24) is 15.1 Å². The van der Waals surface area contributed by atoms with Crippen molar-refractivity contribution in [3.05, 3.63) is 83.0 Å². The molecule has 1 spiro atoms. The molecule has 3 aromatic carbocycles. The van der Waals surface area contributed by atoms with Crippen LogP contribution in [0.1, 0.15) is 54.6 Å². The number of carboxylic acids is 1. The minimum atomic E-state index is -0.717. The fourth-order valence-corrected chi connectivity index (χ4v) is 6.65. The van der Waals surface area contributed by atoms with Gasteiger partial charge in [-0.1, -0.05) is 54.1 Å². The second-order valence-electron chi connectivity index (χ2n) is 11.0. The minimum Gasteiger partial charge on any atom is -0.496 e. The van der Waals surface area contributed by atoms with Gasteiger partial charge >= 0.3 is 5.97 Å². The number of halogens is 1. The summed E-state index contributed by atoms with van der Waals surface area (Å²) in [5.74, 6) is -0.399. The summed E-state index contributed by atoms with van der Waals surface area (Å²) in [6, 6.07) is 19.5. The van der Waals surface area contributed by atoms with E-state index < -0.39 is 5.97 Å². The van der Waals surface area contributed by atoms with Crippen molar-refractivity contribution in [3.63, 3.8) is 0 Å². The molecule has 4 aromatic rings. The molecule has 0 aliphatic heterocycles. The number of nitrogens with zero attached hydrogens (tertiary/aromatic N) is 2. The van der Waals surface area contributed by atoms with Crippen LogP contribution in [-0.4, -0.2) is 39.9 Å². The zero-order valence-corrected chi connectivity index (χ0v) is 22.6. The summed E-state index contributed by atoms with van der Waals surface area (Å²) in [7, 11) is 1.66. The van der Waals surface area contributed by atoms with Crippen LogP contribution < -0.4 is 10.1 Å². The first kappa shape index (κ1) is 25.4. The van der Waals surface area contributed by atoms with Gasteiger partial charge in [0.1, 0.15) is 5.75 Å². The fraction of sp³-hybridized carbons (Fsp3) is 0.323. The highest BCUT2D eigenvalue weighted by Crippen LogP contribution is 2.58. The highest BCUT2D eigenvalue weighted by Gasteiger charge is 2.55. The Morgan fingerprint density at radius 1 is 1.08 bits per heavy atom. The number of ether oxygens (including phenoxy) is 1. The molecular weight excluding hydrogens is 514 g/mol. The smallest absolute Gasteiger partial charge is 0.306 e. The van der Waals surface area contributed by atoms with Crippen LogP contribution in [0.5, 0.6) is 5.75 Å². The molecule has 2 N–H and O–H groups in total. The maximum Gasteiger partial charge on any atom is 0.306 e. The molecule has 0 radical (unpaired) electrons. The van der Waals surface area contributed by atoms with E-state index in [2.05, 4.69) is 28.6 Å². The SMILES string of the molecule is COc1cc(-c2ccccc2)ccc1[C@@H](C)n1ncc2c(Cl)ccc(C(=O)NC3CC4(C3)CC(C(=O)O)C4)c21. The molecule has 1 atom stereocenters. The molecule has 2 fully saturated rings. The lowest BCUT2D eigenvalue weighted by molar-refractivity contribution is -0.155. The van der Waals surface area contributed by atoms with E-state index in [-0.39, 0.29) is 29.3 Å². The number of nitrogens with one attached hydrogen (secondary N) is 1. The first-order valence-corrected chi connectivity index (χ1v) is 13.6. The third-order valence-corrected chi connectivity index (χ3v) is 8.84. The average Bonchev–Trinajstić information content (AvgIpc) is 3.35. The molecule has 2 saturated carbocycles. The Hall–Kier alpha value is -3.84. The zero-order valence-electron chi connectivity index (χ0n) is 21.9. The van der Waals surface area contributed by atoms with E-state index in [9.17, 15) is 14.7 Å². The normalized spacial score (nSPS) is 22.6. The van der Waals surface area contributed by atoms with Crippen LogP contribution in [0.4, 0.5) is 0 Å². The van der Waals surface area contributed by atoms with Crippen LogP contribution in [0, 0.1) is 11.3 Å². The molecule has 2 aliphatic carbocycles. The van der Waals surface area contributed by atoms with Gasteiger partial charge in [0.2, 0.25) is 0 Å². The molecule has 7 nitrogen and oxygen atoms in total. The van der Waals surface area contributed by atoms with E-state index in [1.807, 2.05) is 41.9 Å². The highest BCUT2D eigenvalue weighted by molar-refractivity contribution is 6.36. The van der Waals surface area contributed by atoms with Gasteiger partial charge in [0.05, 0.1) is 41.4 Å². The molecule has 200 valence electrons. The Bertz CT molecular complexity index is 1570. The summed E-state index contributed by atoms with van der Waals surface area (Å²) < 4.78 is 7.62. The maximum absolute atomic E-state index is 13.5. The first-order chi connectivity index (χ1) is 18.8. The number of amides is 1. The summed E-state index contributed by atoms with van der Waals surface area (Å²) in [4.78, 5) is 24.7. The molecule has 6 rings (SSSR count). The Morgan fingerprint density at radius 2 is 1.82 bits per heavy atom. The number of aromatic nitrogens is 2.